The van der Waals surface area contributed by atoms with E-state index >= 15 is 0 Å². The van der Waals surface area contributed by atoms with Crippen LogP contribution >= 0.6 is 11.6 Å². The van der Waals surface area contributed by atoms with Crippen molar-refractivity contribution in [2.75, 3.05) is 0 Å². The van der Waals surface area contributed by atoms with E-state index in [0.717, 1.165) is 22.3 Å². The molecule has 1 aliphatic carbocycles. The molecule has 0 radical (unpaired) electrons. The predicted octanol–water partition coefficient (Wildman–Crippen LogP) is 4.88. The second-order valence-corrected chi connectivity index (χ2v) is 4.60. The lowest BCUT2D eigenvalue weighted by molar-refractivity contribution is 0.515. The molecule has 0 amide bonds. The van der Waals surface area contributed by atoms with E-state index in [4.69, 9.17) is 11.6 Å². The summed E-state index contributed by atoms with van der Waals surface area (Å²) in [6.07, 6.45) is 5.71. The van der Waals surface area contributed by atoms with Crippen LogP contribution in [0.2, 0.25) is 5.02 Å². The molecule has 0 unspecified atom stereocenters. The molecule has 0 heterocycles. The Hall–Kier alpha value is -1.99. The summed E-state index contributed by atoms with van der Waals surface area (Å²) in [7, 11) is 0. The van der Waals surface area contributed by atoms with Crippen molar-refractivity contribution in [2.45, 2.75) is 0 Å². The van der Waals surface area contributed by atoms with Crippen LogP contribution in [0.3, 0.4) is 0 Å². The molecule has 3 rings (SSSR count). The normalized spacial score (nSPS) is 13.1. The number of aliphatic hydroxyl groups excluding tert-OH is 1. The highest BCUT2D eigenvalue weighted by Crippen LogP contribution is 2.30. The number of halogens is 1. The number of hydrogen-bond acceptors (Lipinski definition) is 1. The molecule has 0 spiro atoms. The number of hydrogen-bond donors (Lipinski definition) is 1. The van der Waals surface area contributed by atoms with Crippen molar-refractivity contribution < 1.29 is 5.11 Å². The maximum Gasteiger partial charge on any atom is 0.124 e. The second-order valence-electron chi connectivity index (χ2n) is 4.19. The van der Waals surface area contributed by atoms with E-state index in [1.807, 2.05) is 54.6 Å². The lowest BCUT2D eigenvalue weighted by Gasteiger charge is -2.11. The summed E-state index contributed by atoms with van der Waals surface area (Å²) < 4.78 is 0. The van der Waals surface area contributed by atoms with Crippen LogP contribution in [-0.2, 0) is 0 Å². The van der Waals surface area contributed by atoms with E-state index in [9.17, 15) is 5.11 Å². The van der Waals surface area contributed by atoms with Crippen molar-refractivity contribution >= 4 is 35.6 Å². The van der Waals surface area contributed by atoms with Crippen molar-refractivity contribution in [3.63, 3.8) is 0 Å². The fourth-order valence-electron chi connectivity index (χ4n) is 2.13. The molecular weight excluding hydrogens is 244 g/mol. The maximum atomic E-state index is 10.2. The Morgan fingerprint density at radius 3 is 2.50 bits per heavy atom. The van der Waals surface area contributed by atoms with Gasteiger partial charge in [0.1, 0.15) is 5.76 Å². The van der Waals surface area contributed by atoms with Gasteiger partial charge in [0.05, 0.1) is 0 Å². The summed E-state index contributed by atoms with van der Waals surface area (Å²) in [6, 6.07) is 13.4. The maximum absolute atomic E-state index is 10.2. The lowest BCUT2D eigenvalue weighted by Crippen LogP contribution is -1.92. The molecule has 0 saturated heterocycles. The summed E-state index contributed by atoms with van der Waals surface area (Å²) in [6.45, 7) is 0. The van der Waals surface area contributed by atoms with Crippen LogP contribution in [0.5, 0.6) is 0 Å². The van der Waals surface area contributed by atoms with Crippen LogP contribution in [-0.4, -0.2) is 5.11 Å². The Balaban J connectivity index is 2.27. The van der Waals surface area contributed by atoms with Crippen LogP contribution < -0.4 is 0 Å². The van der Waals surface area contributed by atoms with Crippen molar-refractivity contribution in [1.82, 2.24) is 0 Å². The Bertz CT molecular complexity index is 669. The minimum atomic E-state index is 0.262. The standard InChI is InChI=1S/C16H11ClO/c17-15-7-3-5-12-10-16(18)14-6-2-1-4-11(14)8-9-13(12)15/h1-10,18H. The molecule has 1 aliphatic rings. The van der Waals surface area contributed by atoms with Crippen molar-refractivity contribution in [1.29, 1.82) is 0 Å². The number of aliphatic hydroxyl groups is 1. The first kappa shape index (κ1) is 11.1. The number of fused-ring (bicyclic) bond motifs is 2. The first-order valence-electron chi connectivity index (χ1n) is 5.72. The smallest absolute Gasteiger partial charge is 0.124 e. The average Bonchev–Trinajstić information content (AvgIpc) is 2.36. The molecule has 0 bridgehead atoms. The molecule has 2 heteroatoms. The third kappa shape index (κ3) is 1.83. The highest BCUT2D eigenvalue weighted by Gasteiger charge is 2.10. The van der Waals surface area contributed by atoms with Gasteiger partial charge in [0.15, 0.2) is 0 Å². The third-order valence-corrected chi connectivity index (χ3v) is 3.37. The van der Waals surface area contributed by atoms with E-state index in [2.05, 4.69) is 0 Å². The highest BCUT2D eigenvalue weighted by molar-refractivity contribution is 6.32. The Labute approximate surface area is 111 Å². The molecule has 18 heavy (non-hydrogen) atoms. The predicted molar refractivity (Wildman–Crippen MR) is 77.3 cm³/mol. The first-order valence-corrected chi connectivity index (χ1v) is 6.10. The molecule has 0 aliphatic heterocycles. The number of benzene rings is 2. The Kier molecular flexibility index (Phi) is 2.69. The zero-order valence-corrected chi connectivity index (χ0v) is 10.4. The summed E-state index contributed by atoms with van der Waals surface area (Å²) >= 11 is 6.18. The van der Waals surface area contributed by atoms with E-state index in [1.165, 1.54) is 0 Å². The SMILES string of the molecule is OC1=Cc2cccc(Cl)c2C=Cc2ccccc21. The number of rotatable bonds is 0. The van der Waals surface area contributed by atoms with Crippen LogP contribution in [0, 0.1) is 0 Å². The molecule has 2 aromatic rings. The third-order valence-electron chi connectivity index (χ3n) is 3.05. The van der Waals surface area contributed by atoms with Crippen LogP contribution in [0.25, 0.3) is 24.0 Å². The van der Waals surface area contributed by atoms with Crippen molar-refractivity contribution in [2.24, 2.45) is 0 Å². The Morgan fingerprint density at radius 1 is 0.833 bits per heavy atom. The molecule has 0 fully saturated rings. The largest absolute Gasteiger partial charge is 0.507 e. The van der Waals surface area contributed by atoms with Crippen LogP contribution in [0.1, 0.15) is 22.3 Å². The van der Waals surface area contributed by atoms with Gasteiger partial charge in [-0.05, 0) is 23.3 Å². The van der Waals surface area contributed by atoms with Crippen LogP contribution in [0.15, 0.2) is 42.5 Å². The van der Waals surface area contributed by atoms with E-state index in [0.29, 0.717) is 5.02 Å². The molecular formula is C16H11ClO. The topological polar surface area (TPSA) is 20.2 Å². The van der Waals surface area contributed by atoms with Gasteiger partial charge < -0.3 is 5.11 Å². The van der Waals surface area contributed by atoms with Gasteiger partial charge in [0, 0.05) is 16.1 Å². The van der Waals surface area contributed by atoms with Gasteiger partial charge >= 0.3 is 0 Å². The minimum Gasteiger partial charge on any atom is -0.507 e. The van der Waals surface area contributed by atoms with E-state index in [-0.39, 0.29) is 5.76 Å². The van der Waals surface area contributed by atoms with E-state index in [1.54, 1.807) is 6.08 Å². The zero-order valence-electron chi connectivity index (χ0n) is 9.60. The fourth-order valence-corrected chi connectivity index (χ4v) is 2.37. The van der Waals surface area contributed by atoms with Gasteiger partial charge in [0.2, 0.25) is 0 Å². The van der Waals surface area contributed by atoms with Crippen LogP contribution in [0.4, 0.5) is 0 Å². The summed E-state index contributed by atoms with van der Waals surface area (Å²) in [5, 5.41) is 10.9. The van der Waals surface area contributed by atoms with Gasteiger partial charge in [-0.15, -0.1) is 0 Å². The average molecular weight is 255 g/mol. The monoisotopic (exact) mass is 254 g/mol. The summed E-state index contributed by atoms with van der Waals surface area (Å²) in [5.41, 5.74) is 3.67. The van der Waals surface area contributed by atoms with E-state index < -0.39 is 0 Å². The molecule has 0 saturated carbocycles. The molecule has 0 atom stereocenters. The summed E-state index contributed by atoms with van der Waals surface area (Å²) in [5.74, 6) is 0.262. The van der Waals surface area contributed by atoms with Gasteiger partial charge in [0.25, 0.3) is 0 Å². The summed E-state index contributed by atoms with van der Waals surface area (Å²) in [4.78, 5) is 0. The van der Waals surface area contributed by atoms with Gasteiger partial charge in [-0.25, -0.2) is 0 Å². The minimum absolute atomic E-state index is 0.262. The van der Waals surface area contributed by atoms with Gasteiger partial charge in [-0.1, -0.05) is 60.2 Å². The second kappa shape index (κ2) is 4.35. The lowest BCUT2D eigenvalue weighted by atomic mass is 9.97. The van der Waals surface area contributed by atoms with Crippen molar-refractivity contribution in [3.8, 4) is 0 Å². The molecule has 2 aromatic carbocycles. The molecule has 1 nitrogen and oxygen atoms in total. The molecule has 0 aromatic heterocycles. The highest BCUT2D eigenvalue weighted by atomic mass is 35.5. The van der Waals surface area contributed by atoms with Gasteiger partial charge in [-0.2, -0.15) is 0 Å². The zero-order chi connectivity index (χ0) is 12.5. The first-order chi connectivity index (χ1) is 8.75. The van der Waals surface area contributed by atoms with Crippen molar-refractivity contribution in [3.05, 3.63) is 69.7 Å². The van der Waals surface area contributed by atoms with Gasteiger partial charge in [-0.3, -0.25) is 0 Å². The fraction of sp³-hybridized carbons (Fsp3) is 0. The molecule has 88 valence electrons. The quantitative estimate of drug-likeness (QED) is 0.710. The Morgan fingerprint density at radius 2 is 1.61 bits per heavy atom. The molecule has 1 N–H and O–H groups in total.